The summed E-state index contributed by atoms with van der Waals surface area (Å²) >= 11 is 0. The average molecular weight is 1230 g/mol. The van der Waals surface area contributed by atoms with Crippen molar-refractivity contribution in [1.82, 2.24) is 96.8 Å². The Morgan fingerprint density at radius 1 is 0.393 bits per heavy atom. The molecule has 11 aromatic heterocycles. The van der Waals surface area contributed by atoms with Crippen LogP contribution in [0.25, 0.3) is 44.4 Å². The Hall–Kier alpha value is -10.4. The standard InChI is InChI=1S/C10H13N3O.C9H12N4O.C9H12N4.C8H11N5.C8H12N2O2.C7H11N3O.C7H10N2O2.CH4/c1-6(2)13-5-4-8-9(13)11-7(3)12-10(8)14;1-5(2)13-4-10-7-8(13)11-6(3)12-9(7)14;1-6(2)13-4-3-7-8(10)11-5-12-9(7)13;1-5(2)13-4-12-6-7(9)10-3-11-8(6)13;1-5(2)10-4-6(3)7(11)9-8(10)12;1-5(2)10-4-3-6(8)9-7(10)11;1-5(2)9-4-3-6(10)8-7(9)11;/h4-6H,1-3H3,(H,11,12,14);4-5H,1-3H3,(H,11,12,14);3-6H,1-2H3,(H2,10,11,12);3-5H,1-2H3,(H2,9,10,11);4-5H,1-3H3,(H,9,11,12);3-5H,1-2H3,(H2,8,9,11);3-5H,1-2H3,(H,8,10,11);1H4. The molecule has 0 saturated heterocycles. The van der Waals surface area contributed by atoms with E-state index < -0.39 is 0 Å². The van der Waals surface area contributed by atoms with Crippen LogP contribution < -0.4 is 56.5 Å². The lowest BCUT2D eigenvalue weighted by molar-refractivity contribution is 0.558. The maximum absolute atomic E-state index is 11.5. The Balaban J connectivity index is 0.000000222. The molecule has 0 spiro atoms. The number of anilines is 3. The number of nitrogens with one attached hydrogen (secondary N) is 4. The van der Waals surface area contributed by atoms with Crippen LogP contribution in [0.1, 0.15) is 164 Å². The number of H-pyrrole nitrogens is 4. The number of aryl methyl sites for hydroxylation is 3. The van der Waals surface area contributed by atoms with Gasteiger partial charge in [0.05, 0.1) is 23.4 Å². The summed E-state index contributed by atoms with van der Waals surface area (Å²) in [7, 11) is 0. The van der Waals surface area contributed by atoms with Crippen LogP contribution in [0.4, 0.5) is 17.5 Å². The van der Waals surface area contributed by atoms with E-state index in [-0.39, 0.29) is 76.7 Å². The van der Waals surface area contributed by atoms with Gasteiger partial charge in [-0.3, -0.25) is 42.8 Å². The highest BCUT2D eigenvalue weighted by Crippen LogP contribution is 2.21. The zero-order chi connectivity index (χ0) is 65.6. The van der Waals surface area contributed by atoms with Crippen molar-refractivity contribution in [2.24, 2.45) is 0 Å². The number of nitrogens with two attached hydrogens (primary N) is 3. The minimum Gasteiger partial charge on any atom is -0.383 e. The molecule has 89 heavy (non-hydrogen) atoms. The second-order valence-electron chi connectivity index (χ2n) is 22.1. The van der Waals surface area contributed by atoms with Crippen LogP contribution in [-0.4, -0.2) is 96.8 Å². The number of hydrogen-bond acceptors (Lipinski definition) is 19. The van der Waals surface area contributed by atoms with Crippen molar-refractivity contribution in [1.29, 1.82) is 0 Å². The average Bonchev–Trinajstić information content (AvgIpc) is 2.53. The normalized spacial score (nSPS) is 10.9. The fraction of sp³-hybridized carbons (Fsp3) is 0.424. The van der Waals surface area contributed by atoms with Crippen LogP contribution in [0.5, 0.6) is 0 Å². The monoisotopic (exact) mass is 1230 g/mol. The highest BCUT2D eigenvalue weighted by molar-refractivity contribution is 5.86. The summed E-state index contributed by atoms with van der Waals surface area (Å²) in [5, 5.41) is 1.58. The molecule has 30 heteroatoms. The maximum atomic E-state index is 11.5. The molecule has 0 aliphatic heterocycles. The molecular weight excluding hydrogens is 1140 g/mol. The first-order chi connectivity index (χ1) is 41.3. The van der Waals surface area contributed by atoms with Gasteiger partial charge in [0.2, 0.25) is 0 Å². The third-order valence-electron chi connectivity index (χ3n) is 12.9. The van der Waals surface area contributed by atoms with Gasteiger partial charge >= 0.3 is 17.1 Å². The van der Waals surface area contributed by atoms with Crippen molar-refractivity contribution < 1.29 is 0 Å². The third-order valence-corrected chi connectivity index (χ3v) is 12.9. The van der Waals surface area contributed by atoms with Gasteiger partial charge in [0, 0.05) is 84.9 Å². The molecule has 11 heterocycles. The van der Waals surface area contributed by atoms with E-state index >= 15 is 0 Å². The number of imidazole rings is 2. The summed E-state index contributed by atoms with van der Waals surface area (Å²) in [6.07, 6.45) is 14.9. The van der Waals surface area contributed by atoms with Gasteiger partial charge in [0.25, 0.3) is 22.2 Å². The molecule has 0 amide bonds. The molecule has 0 unspecified atom stereocenters. The lowest BCUT2D eigenvalue weighted by Gasteiger charge is -2.08. The summed E-state index contributed by atoms with van der Waals surface area (Å²) in [5.41, 5.74) is 19.5. The van der Waals surface area contributed by atoms with Crippen molar-refractivity contribution in [2.45, 2.75) is 167 Å². The minimum atomic E-state index is -0.355. The fourth-order valence-electron chi connectivity index (χ4n) is 8.26. The summed E-state index contributed by atoms with van der Waals surface area (Å²) in [4.78, 5) is 124. The molecular formula is C59H85N23O7. The minimum absolute atomic E-state index is 0. The quantitative estimate of drug-likeness (QED) is 0.0863. The number of nitrogen functional groups attached to an aromatic ring is 3. The predicted octanol–water partition coefficient (Wildman–Crippen LogP) is 6.79. The summed E-state index contributed by atoms with van der Waals surface area (Å²) in [6, 6.07) is 8.30. The summed E-state index contributed by atoms with van der Waals surface area (Å²) < 4.78 is 12.4. The molecule has 0 fully saturated rings. The lowest BCUT2D eigenvalue weighted by Crippen LogP contribution is -2.31. The number of rotatable bonds is 7. The largest absolute Gasteiger partial charge is 0.383 e. The van der Waals surface area contributed by atoms with E-state index in [4.69, 9.17) is 17.2 Å². The van der Waals surface area contributed by atoms with Crippen molar-refractivity contribution in [3.05, 3.63) is 171 Å². The van der Waals surface area contributed by atoms with Crippen molar-refractivity contribution in [2.75, 3.05) is 17.2 Å². The Labute approximate surface area is 512 Å². The van der Waals surface area contributed by atoms with E-state index in [0.29, 0.717) is 69.0 Å². The second kappa shape index (κ2) is 31.3. The first-order valence-electron chi connectivity index (χ1n) is 28.3. The zero-order valence-electron chi connectivity index (χ0n) is 52.8. The highest BCUT2D eigenvalue weighted by Gasteiger charge is 2.13. The second-order valence-corrected chi connectivity index (χ2v) is 22.1. The van der Waals surface area contributed by atoms with Crippen LogP contribution in [-0.2, 0) is 0 Å². The van der Waals surface area contributed by atoms with E-state index in [0.717, 1.165) is 22.3 Å². The van der Waals surface area contributed by atoms with Gasteiger partial charge in [-0.1, -0.05) is 7.43 Å². The molecule has 30 nitrogen and oxygen atoms in total. The predicted molar refractivity (Wildman–Crippen MR) is 349 cm³/mol. The summed E-state index contributed by atoms with van der Waals surface area (Å²) in [5.74, 6) is 2.52. The van der Waals surface area contributed by atoms with Crippen molar-refractivity contribution in [3.8, 4) is 0 Å². The Morgan fingerprint density at radius 3 is 1.38 bits per heavy atom. The van der Waals surface area contributed by atoms with Crippen LogP contribution in [0.3, 0.4) is 0 Å². The number of aromatic nitrogens is 20. The van der Waals surface area contributed by atoms with E-state index in [9.17, 15) is 33.6 Å². The third kappa shape index (κ3) is 18.3. The number of aromatic amines is 4. The van der Waals surface area contributed by atoms with Gasteiger partial charge in [0.15, 0.2) is 22.6 Å². The van der Waals surface area contributed by atoms with Gasteiger partial charge in [-0.15, -0.1) is 0 Å². The van der Waals surface area contributed by atoms with Crippen LogP contribution in [0, 0.1) is 20.8 Å². The van der Waals surface area contributed by atoms with Crippen molar-refractivity contribution >= 4 is 61.8 Å². The smallest absolute Gasteiger partial charge is 0.349 e. The van der Waals surface area contributed by atoms with Gasteiger partial charge in [-0.25, -0.2) is 54.3 Å². The fourth-order valence-corrected chi connectivity index (χ4v) is 8.26. The number of nitrogens with zero attached hydrogens (tertiary/aromatic N) is 16. The zero-order valence-corrected chi connectivity index (χ0v) is 52.8. The molecule has 0 aromatic carbocycles. The van der Waals surface area contributed by atoms with Crippen molar-refractivity contribution in [3.63, 3.8) is 0 Å². The number of hydrogen-bond donors (Lipinski definition) is 7. The molecule has 11 aromatic rings. The molecule has 0 atom stereocenters. The van der Waals surface area contributed by atoms with Crippen LogP contribution in [0.15, 0.2) is 114 Å². The SMILES string of the molecule is C.CC(C)n1ccc(=O)[nH]c1=O.CC(C)n1ccc(N)nc1=O.CC(C)n1ccc2c(N)ncnc21.CC(C)n1cnc2c(N)ncnc21.Cc1cn(C(C)C)c(=O)[nH]c1=O.Cc1nc2c(ccn2C(C)C)c(=O)[nH]1.Cc1nc2c(ncn2C(C)C)c(=O)[nH]1. The topological polar surface area (TPSA) is 411 Å². The highest BCUT2D eigenvalue weighted by atomic mass is 16.2. The first kappa shape index (κ1) is 71.1. The molecule has 0 aliphatic rings. The molecule has 0 aliphatic carbocycles. The first-order valence-corrected chi connectivity index (χ1v) is 28.3. The summed E-state index contributed by atoms with van der Waals surface area (Å²) in [6.45, 7) is 33.1. The number of fused-ring (bicyclic) bond motifs is 4. The Morgan fingerprint density at radius 2 is 0.843 bits per heavy atom. The van der Waals surface area contributed by atoms with Crippen LogP contribution >= 0.6 is 0 Å². The van der Waals surface area contributed by atoms with E-state index in [2.05, 4.69) is 111 Å². The lowest BCUT2D eigenvalue weighted by atomic mass is 10.3. The van der Waals surface area contributed by atoms with Gasteiger partial charge in [-0.05, 0) is 136 Å². The molecule has 0 bridgehead atoms. The van der Waals surface area contributed by atoms with Gasteiger partial charge < -0.3 is 45.4 Å². The molecule has 0 radical (unpaired) electrons. The van der Waals surface area contributed by atoms with E-state index in [1.807, 2.05) is 87.6 Å². The Bertz CT molecular complexity index is 4380. The molecule has 478 valence electrons. The molecule has 10 N–H and O–H groups in total. The van der Waals surface area contributed by atoms with E-state index in [1.165, 1.54) is 38.6 Å². The van der Waals surface area contributed by atoms with Gasteiger partial charge in [-0.2, -0.15) is 4.98 Å². The van der Waals surface area contributed by atoms with Crippen LogP contribution in [0.2, 0.25) is 0 Å². The van der Waals surface area contributed by atoms with E-state index in [1.54, 1.807) is 58.0 Å². The maximum Gasteiger partial charge on any atom is 0.349 e. The molecule has 11 rings (SSSR count). The molecule has 0 saturated carbocycles. The Kier molecular flexibility index (Phi) is 25.0. The van der Waals surface area contributed by atoms with Gasteiger partial charge in [0.1, 0.15) is 52.8 Å².